The van der Waals surface area contributed by atoms with Gasteiger partial charge in [0, 0.05) is 5.69 Å². The van der Waals surface area contributed by atoms with E-state index in [2.05, 4.69) is 43.8 Å². The second kappa shape index (κ2) is 14.2. The van der Waals surface area contributed by atoms with Gasteiger partial charge in [-0.3, -0.25) is 14.4 Å². The predicted octanol–water partition coefficient (Wildman–Crippen LogP) is 5.72. The number of halogens is 3. The molecular weight excluding hydrogens is 658 g/mol. The Hall–Kier alpha value is -3.35. The number of benzene rings is 3. The highest BCUT2D eigenvalue weighted by Crippen LogP contribution is 2.34. The first-order chi connectivity index (χ1) is 18.6. The third kappa shape index (κ3) is 8.84. The molecule has 39 heavy (non-hydrogen) atoms. The van der Waals surface area contributed by atoms with Crippen molar-refractivity contribution in [3.63, 3.8) is 0 Å². The fraction of sp³-hybridized carbons (Fsp3) is 0.185. The molecule has 0 bridgehead atoms. The van der Waals surface area contributed by atoms with Crippen molar-refractivity contribution in [3.05, 3.63) is 78.8 Å². The smallest absolute Gasteiger partial charge is 0.329 e. The predicted molar refractivity (Wildman–Crippen MR) is 161 cm³/mol. The van der Waals surface area contributed by atoms with Crippen LogP contribution in [0.4, 0.5) is 11.4 Å². The minimum atomic E-state index is -1.00. The lowest BCUT2D eigenvalue weighted by molar-refractivity contribution is -0.136. The van der Waals surface area contributed by atoms with E-state index in [1.807, 2.05) is 39.0 Å². The van der Waals surface area contributed by atoms with Crippen LogP contribution in [0.2, 0.25) is 10.0 Å². The van der Waals surface area contributed by atoms with Crippen LogP contribution in [0.15, 0.2) is 53.6 Å². The number of carbonyl (C=O) groups is 3. The fourth-order valence-electron chi connectivity index (χ4n) is 3.44. The van der Waals surface area contributed by atoms with E-state index >= 15 is 0 Å². The molecule has 0 heterocycles. The Morgan fingerprint density at radius 3 is 2.38 bits per heavy atom. The molecule has 0 aliphatic rings. The number of hydrogen-bond acceptors (Lipinski definition) is 6. The highest BCUT2D eigenvalue weighted by molar-refractivity contribution is 14.1. The van der Waals surface area contributed by atoms with Crippen LogP contribution >= 0.6 is 45.8 Å². The van der Waals surface area contributed by atoms with Crippen LogP contribution in [0.1, 0.15) is 23.6 Å². The lowest BCUT2D eigenvalue weighted by Crippen LogP contribution is -2.32. The number of rotatable bonds is 9. The van der Waals surface area contributed by atoms with Gasteiger partial charge >= 0.3 is 11.8 Å². The third-order valence-corrected chi connectivity index (χ3v) is 6.59. The van der Waals surface area contributed by atoms with Crippen molar-refractivity contribution in [2.24, 2.45) is 5.10 Å². The van der Waals surface area contributed by atoms with E-state index in [1.165, 1.54) is 12.3 Å². The Bertz CT molecular complexity index is 1410. The first-order valence-corrected chi connectivity index (χ1v) is 13.5. The second-order valence-electron chi connectivity index (χ2n) is 8.23. The van der Waals surface area contributed by atoms with Gasteiger partial charge in [-0.1, -0.05) is 35.3 Å². The minimum absolute atomic E-state index is 0.117. The molecule has 0 saturated carbocycles. The molecule has 12 heteroatoms. The minimum Gasteiger partial charge on any atom is -0.490 e. The zero-order valence-corrected chi connectivity index (χ0v) is 24.9. The summed E-state index contributed by atoms with van der Waals surface area (Å²) in [6, 6.07) is 13.8. The van der Waals surface area contributed by atoms with E-state index in [-0.39, 0.29) is 28.2 Å². The lowest BCUT2D eigenvalue weighted by Gasteiger charge is -2.15. The summed E-state index contributed by atoms with van der Waals surface area (Å²) in [6.07, 6.45) is 1.35. The van der Waals surface area contributed by atoms with Crippen LogP contribution in [0, 0.1) is 17.4 Å². The summed E-state index contributed by atoms with van der Waals surface area (Å²) < 4.78 is 12.1. The Balaban J connectivity index is 1.63. The van der Waals surface area contributed by atoms with Crippen LogP contribution < -0.4 is 25.5 Å². The Morgan fingerprint density at radius 1 is 0.974 bits per heavy atom. The average Bonchev–Trinajstić information content (AvgIpc) is 2.85. The maximum Gasteiger partial charge on any atom is 0.329 e. The molecule has 0 aliphatic carbocycles. The van der Waals surface area contributed by atoms with Gasteiger partial charge in [0.25, 0.3) is 5.91 Å². The fourth-order valence-corrected chi connectivity index (χ4v) is 4.57. The molecular formula is C27H25Cl2IN4O5. The topological polar surface area (TPSA) is 118 Å². The molecule has 3 aromatic carbocycles. The summed E-state index contributed by atoms with van der Waals surface area (Å²) in [6.45, 7) is 5.86. The number of hydrogen-bond donors (Lipinski definition) is 3. The van der Waals surface area contributed by atoms with Gasteiger partial charge in [0.2, 0.25) is 0 Å². The zero-order valence-electron chi connectivity index (χ0n) is 21.2. The molecule has 9 nitrogen and oxygen atoms in total. The summed E-state index contributed by atoms with van der Waals surface area (Å²) >= 11 is 14.0. The molecule has 0 saturated heterocycles. The molecule has 0 spiro atoms. The molecule has 204 valence electrons. The number of nitrogens with zero attached hydrogens (tertiary/aromatic N) is 1. The van der Waals surface area contributed by atoms with E-state index in [9.17, 15) is 14.4 Å². The van der Waals surface area contributed by atoms with Crippen LogP contribution in [0.25, 0.3) is 0 Å². The Kier molecular flexibility index (Phi) is 11.0. The quantitative estimate of drug-likeness (QED) is 0.116. The maximum atomic E-state index is 12.5. The monoisotopic (exact) mass is 682 g/mol. The summed E-state index contributed by atoms with van der Waals surface area (Å²) in [5.74, 6) is -1.50. The van der Waals surface area contributed by atoms with Crippen molar-refractivity contribution in [2.75, 3.05) is 23.8 Å². The van der Waals surface area contributed by atoms with Crippen molar-refractivity contribution in [2.45, 2.75) is 20.8 Å². The lowest BCUT2D eigenvalue weighted by atomic mass is 10.1. The average molecular weight is 683 g/mol. The Morgan fingerprint density at radius 2 is 1.69 bits per heavy atom. The van der Waals surface area contributed by atoms with Crippen LogP contribution in [-0.2, 0) is 14.4 Å². The number of ether oxygens (including phenoxy) is 2. The molecule has 0 radical (unpaired) electrons. The molecule has 3 aromatic rings. The number of hydrazone groups is 1. The normalized spacial score (nSPS) is 10.7. The van der Waals surface area contributed by atoms with Crippen molar-refractivity contribution in [1.82, 2.24) is 5.43 Å². The zero-order chi connectivity index (χ0) is 28.5. The summed E-state index contributed by atoms with van der Waals surface area (Å²) in [4.78, 5) is 36.8. The van der Waals surface area contributed by atoms with Crippen molar-refractivity contribution in [3.8, 4) is 11.5 Å². The van der Waals surface area contributed by atoms with E-state index < -0.39 is 11.8 Å². The highest BCUT2D eigenvalue weighted by atomic mass is 127. The molecule has 3 rings (SSSR count). The number of carbonyl (C=O) groups excluding carboxylic acids is 3. The maximum absolute atomic E-state index is 12.5. The molecule has 0 aliphatic heterocycles. The SMILES string of the molecule is CCOc1cc(/C=N\NC(=O)C(=O)Nc2cccc(Cl)c2Cl)cc(I)c1OCC(=O)Nc1cc(C)cc(C)c1. The number of nitrogens with one attached hydrogen (secondary N) is 3. The first-order valence-electron chi connectivity index (χ1n) is 11.6. The molecule has 3 N–H and O–H groups in total. The van der Waals surface area contributed by atoms with E-state index in [0.29, 0.717) is 32.9 Å². The molecule has 0 aromatic heterocycles. The Labute approximate surface area is 249 Å². The van der Waals surface area contributed by atoms with E-state index in [4.69, 9.17) is 32.7 Å². The van der Waals surface area contributed by atoms with Crippen LogP contribution in [0.3, 0.4) is 0 Å². The summed E-state index contributed by atoms with van der Waals surface area (Å²) in [5.41, 5.74) is 5.69. The van der Waals surface area contributed by atoms with Crippen LogP contribution in [0.5, 0.6) is 11.5 Å². The standard InChI is InChI=1S/C27H25Cl2IN4O5/c1-4-38-22-12-17(13-31-34-27(37)26(36)33-21-7-5-6-19(28)24(21)29)11-20(30)25(22)39-14-23(35)32-18-9-15(2)8-16(3)10-18/h5-13H,4,14H2,1-3H3,(H,32,35)(H,33,36)(H,34,37)/b31-13-. The molecule has 0 fully saturated rings. The molecule has 3 amide bonds. The van der Waals surface area contributed by atoms with Crippen molar-refractivity contribution < 1.29 is 23.9 Å². The van der Waals surface area contributed by atoms with Gasteiger partial charge in [0.1, 0.15) is 0 Å². The van der Waals surface area contributed by atoms with Gasteiger partial charge < -0.3 is 20.1 Å². The third-order valence-electron chi connectivity index (χ3n) is 4.97. The van der Waals surface area contributed by atoms with Crippen LogP contribution in [-0.4, -0.2) is 37.1 Å². The van der Waals surface area contributed by atoms with Gasteiger partial charge in [0.15, 0.2) is 18.1 Å². The van der Waals surface area contributed by atoms with Gasteiger partial charge in [-0.25, -0.2) is 5.43 Å². The van der Waals surface area contributed by atoms with Crippen molar-refractivity contribution in [1.29, 1.82) is 0 Å². The van der Waals surface area contributed by atoms with Gasteiger partial charge in [-0.05, 0) is 96.5 Å². The van der Waals surface area contributed by atoms with Gasteiger partial charge in [0.05, 0.1) is 32.1 Å². The number of anilines is 2. The van der Waals surface area contributed by atoms with E-state index in [1.54, 1.807) is 24.3 Å². The number of aryl methyl sites for hydroxylation is 2. The largest absolute Gasteiger partial charge is 0.490 e. The summed E-state index contributed by atoms with van der Waals surface area (Å²) in [7, 11) is 0. The summed E-state index contributed by atoms with van der Waals surface area (Å²) in [5, 5.41) is 9.40. The van der Waals surface area contributed by atoms with Crippen molar-refractivity contribution >= 4 is 81.1 Å². The van der Waals surface area contributed by atoms with Gasteiger partial charge in [-0.2, -0.15) is 5.10 Å². The number of amides is 3. The molecule has 0 unspecified atom stereocenters. The highest BCUT2D eigenvalue weighted by Gasteiger charge is 2.17. The molecule has 0 atom stereocenters. The second-order valence-corrected chi connectivity index (χ2v) is 10.2. The van der Waals surface area contributed by atoms with E-state index in [0.717, 1.165) is 11.1 Å². The first kappa shape index (κ1) is 30.2. The van der Waals surface area contributed by atoms with Gasteiger partial charge in [-0.15, -0.1) is 0 Å².